The number of likely N-dealkylation sites (N-methyl/N-ethyl adjacent to an activating group) is 2. The Labute approximate surface area is 71.0 Å². The molecule has 68 valence electrons. The molecule has 0 aromatic carbocycles. The van der Waals surface area contributed by atoms with E-state index in [2.05, 4.69) is 31.1 Å². The van der Waals surface area contributed by atoms with Gasteiger partial charge in [-0.1, -0.05) is 20.3 Å². The van der Waals surface area contributed by atoms with Crippen LogP contribution in [0.3, 0.4) is 0 Å². The third-order valence-corrected chi connectivity index (χ3v) is 2.06. The summed E-state index contributed by atoms with van der Waals surface area (Å²) in [4.78, 5) is 2.38. The first-order valence-electron chi connectivity index (χ1n) is 4.53. The van der Waals surface area contributed by atoms with E-state index in [9.17, 15) is 0 Å². The maximum atomic E-state index is 3.15. The predicted molar refractivity (Wildman–Crippen MR) is 50.9 cm³/mol. The summed E-state index contributed by atoms with van der Waals surface area (Å²) < 4.78 is 0. The van der Waals surface area contributed by atoms with Crippen LogP contribution in [0.25, 0.3) is 0 Å². The topological polar surface area (TPSA) is 15.3 Å². The van der Waals surface area contributed by atoms with Gasteiger partial charge in [0.2, 0.25) is 0 Å². The van der Waals surface area contributed by atoms with Crippen molar-refractivity contribution in [2.45, 2.75) is 20.3 Å². The lowest BCUT2D eigenvalue weighted by Crippen LogP contribution is -2.30. The van der Waals surface area contributed by atoms with Crippen LogP contribution in [0.1, 0.15) is 20.3 Å². The van der Waals surface area contributed by atoms with E-state index < -0.39 is 0 Å². The Morgan fingerprint density at radius 2 is 2.09 bits per heavy atom. The smallest absolute Gasteiger partial charge is 0.0104 e. The van der Waals surface area contributed by atoms with Crippen molar-refractivity contribution >= 4 is 0 Å². The lowest BCUT2D eigenvalue weighted by atomic mass is 10.1. The molecule has 0 aromatic rings. The Bertz CT molecular complexity index is 83.6. The largest absolute Gasteiger partial charge is 0.318 e. The van der Waals surface area contributed by atoms with Crippen molar-refractivity contribution in [1.29, 1.82) is 0 Å². The second kappa shape index (κ2) is 6.62. The summed E-state index contributed by atoms with van der Waals surface area (Å²) in [5.41, 5.74) is 0. The van der Waals surface area contributed by atoms with E-state index in [4.69, 9.17) is 0 Å². The van der Waals surface area contributed by atoms with E-state index in [0.29, 0.717) is 0 Å². The highest BCUT2D eigenvalue weighted by molar-refractivity contribution is 4.57. The van der Waals surface area contributed by atoms with Gasteiger partial charge < -0.3 is 10.2 Å². The van der Waals surface area contributed by atoms with Gasteiger partial charge in [-0.15, -0.1) is 0 Å². The average Bonchev–Trinajstić information content (AvgIpc) is 2.00. The molecule has 11 heavy (non-hydrogen) atoms. The van der Waals surface area contributed by atoms with E-state index >= 15 is 0 Å². The standard InChI is InChI=1S/C9H22N2/c1-5-9(2)8-11(4)7-6-10-3/h9-10H,5-8H2,1-4H3. The number of nitrogens with zero attached hydrogens (tertiary/aromatic N) is 1. The molecule has 0 saturated heterocycles. The zero-order chi connectivity index (χ0) is 8.69. The minimum Gasteiger partial charge on any atom is -0.318 e. The Kier molecular flexibility index (Phi) is 6.57. The van der Waals surface area contributed by atoms with Crippen LogP contribution in [-0.2, 0) is 0 Å². The Morgan fingerprint density at radius 3 is 2.55 bits per heavy atom. The zero-order valence-electron chi connectivity index (χ0n) is 8.35. The van der Waals surface area contributed by atoms with Crippen LogP contribution in [0.5, 0.6) is 0 Å². The van der Waals surface area contributed by atoms with E-state index in [1.807, 2.05) is 7.05 Å². The van der Waals surface area contributed by atoms with E-state index in [1.54, 1.807) is 0 Å². The van der Waals surface area contributed by atoms with Crippen molar-refractivity contribution in [2.24, 2.45) is 5.92 Å². The van der Waals surface area contributed by atoms with Crippen molar-refractivity contribution in [1.82, 2.24) is 10.2 Å². The molecule has 0 spiro atoms. The quantitative estimate of drug-likeness (QED) is 0.624. The van der Waals surface area contributed by atoms with Gasteiger partial charge in [0.05, 0.1) is 0 Å². The molecule has 1 unspecified atom stereocenters. The number of hydrogen-bond donors (Lipinski definition) is 1. The van der Waals surface area contributed by atoms with Gasteiger partial charge in [-0.3, -0.25) is 0 Å². The average molecular weight is 158 g/mol. The van der Waals surface area contributed by atoms with Crippen LogP contribution in [0.4, 0.5) is 0 Å². The molecule has 2 heteroatoms. The molecule has 1 atom stereocenters. The van der Waals surface area contributed by atoms with Crippen LogP contribution in [0.2, 0.25) is 0 Å². The lowest BCUT2D eigenvalue weighted by Gasteiger charge is -2.19. The van der Waals surface area contributed by atoms with Crippen LogP contribution in [0.15, 0.2) is 0 Å². The highest BCUT2D eigenvalue weighted by atomic mass is 15.1. The van der Waals surface area contributed by atoms with Gasteiger partial charge in [-0.2, -0.15) is 0 Å². The van der Waals surface area contributed by atoms with Crippen LogP contribution in [-0.4, -0.2) is 38.6 Å². The van der Waals surface area contributed by atoms with Crippen LogP contribution in [0, 0.1) is 5.92 Å². The third-order valence-electron chi connectivity index (χ3n) is 2.06. The fourth-order valence-corrected chi connectivity index (χ4v) is 1.06. The van der Waals surface area contributed by atoms with E-state index in [-0.39, 0.29) is 0 Å². The maximum absolute atomic E-state index is 3.15. The normalized spacial score (nSPS) is 13.9. The van der Waals surface area contributed by atoms with Gasteiger partial charge in [-0.25, -0.2) is 0 Å². The molecule has 0 aliphatic heterocycles. The molecular weight excluding hydrogens is 136 g/mol. The van der Waals surface area contributed by atoms with Crippen molar-refractivity contribution < 1.29 is 0 Å². The Morgan fingerprint density at radius 1 is 1.45 bits per heavy atom. The summed E-state index contributed by atoms with van der Waals surface area (Å²) in [5.74, 6) is 0.830. The van der Waals surface area contributed by atoms with Gasteiger partial charge >= 0.3 is 0 Å². The van der Waals surface area contributed by atoms with Gasteiger partial charge in [0.1, 0.15) is 0 Å². The summed E-state index contributed by atoms with van der Waals surface area (Å²) in [5, 5.41) is 3.15. The van der Waals surface area contributed by atoms with Crippen molar-refractivity contribution in [2.75, 3.05) is 33.7 Å². The van der Waals surface area contributed by atoms with Gasteiger partial charge in [0.25, 0.3) is 0 Å². The fourth-order valence-electron chi connectivity index (χ4n) is 1.06. The van der Waals surface area contributed by atoms with Crippen molar-refractivity contribution in [3.63, 3.8) is 0 Å². The minimum absolute atomic E-state index is 0.830. The molecule has 1 N–H and O–H groups in total. The number of nitrogens with one attached hydrogen (secondary N) is 1. The zero-order valence-corrected chi connectivity index (χ0v) is 8.35. The minimum atomic E-state index is 0.830. The number of rotatable bonds is 6. The molecule has 2 nitrogen and oxygen atoms in total. The second-order valence-electron chi connectivity index (χ2n) is 3.38. The highest BCUT2D eigenvalue weighted by Crippen LogP contribution is 2.01. The first kappa shape index (κ1) is 10.9. The molecule has 0 bridgehead atoms. The fraction of sp³-hybridized carbons (Fsp3) is 1.00. The second-order valence-corrected chi connectivity index (χ2v) is 3.38. The highest BCUT2D eigenvalue weighted by Gasteiger charge is 2.02. The molecule has 0 aromatic heterocycles. The van der Waals surface area contributed by atoms with Crippen molar-refractivity contribution in [3.8, 4) is 0 Å². The summed E-state index contributed by atoms with van der Waals surface area (Å²) in [6.07, 6.45) is 1.28. The van der Waals surface area contributed by atoms with Gasteiger partial charge in [-0.05, 0) is 20.0 Å². The first-order valence-corrected chi connectivity index (χ1v) is 4.53. The molecular formula is C9H22N2. The number of hydrogen-bond acceptors (Lipinski definition) is 2. The molecule has 0 fully saturated rings. The molecule has 0 radical (unpaired) electrons. The molecule has 0 heterocycles. The predicted octanol–water partition coefficient (Wildman–Crippen LogP) is 1.18. The Balaban J connectivity index is 3.27. The summed E-state index contributed by atoms with van der Waals surface area (Å²) >= 11 is 0. The van der Waals surface area contributed by atoms with Gasteiger partial charge in [0.15, 0.2) is 0 Å². The van der Waals surface area contributed by atoms with Crippen molar-refractivity contribution in [3.05, 3.63) is 0 Å². The summed E-state index contributed by atoms with van der Waals surface area (Å²) in [7, 11) is 4.18. The molecule has 0 saturated carbocycles. The molecule has 0 amide bonds. The summed E-state index contributed by atoms with van der Waals surface area (Å²) in [6.45, 7) is 8.01. The maximum Gasteiger partial charge on any atom is 0.0104 e. The van der Waals surface area contributed by atoms with E-state index in [1.165, 1.54) is 13.0 Å². The van der Waals surface area contributed by atoms with Gasteiger partial charge in [0, 0.05) is 19.6 Å². The summed E-state index contributed by atoms with van der Waals surface area (Å²) in [6, 6.07) is 0. The molecule has 0 rings (SSSR count). The third kappa shape index (κ3) is 6.32. The van der Waals surface area contributed by atoms with Crippen LogP contribution >= 0.6 is 0 Å². The van der Waals surface area contributed by atoms with Crippen LogP contribution < -0.4 is 5.32 Å². The Hall–Kier alpha value is -0.0800. The van der Waals surface area contributed by atoms with E-state index in [0.717, 1.165) is 19.0 Å². The first-order chi connectivity index (χ1) is 5.20. The SMILES string of the molecule is CCC(C)CN(C)CCNC. The monoisotopic (exact) mass is 158 g/mol. The molecule has 0 aliphatic carbocycles. The lowest BCUT2D eigenvalue weighted by molar-refractivity contribution is 0.284. The molecule has 0 aliphatic rings.